The quantitative estimate of drug-likeness (QED) is 0.515. The summed E-state index contributed by atoms with van der Waals surface area (Å²) in [6, 6.07) is -0.608. The number of nitrogens with one attached hydrogen (secondary N) is 3. The van der Waals surface area contributed by atoms with Gasteiger partial charge in [-0.3, -0.25) is 4.79 Å². The number of alkyl carbamates (subject to hydrolysis) is 1. The fourth-order valence-electron chi connectivity index (χ4n) is 0.873. The van der Waals surface area contributed by atoms with Gasteiger partial charge in [0.2, 0.25) is 0 Å². The van der Waals surface area contributed by atoms with Crippen LogP contribution in [-0.4, -0.2) is 48.4 Å². The maximum absolute atomic E-state index is 11.2. The molecule has 0 spiro atoms. The van der Waals surface area contributed by atoms with Crippen LogP contribution in [0.1, 0.15) is 20.8 Å². The summed E-state index contributed by atoms with van der Waals surface area (Å²) in [5.41, 5.74) is -0.573. The highest BCUT2D eigenvalue weighted by Gasteiger charge is 2.15. The Bertz CT molecular complexity index is 311. The molecule has 0 aromatic heterocycles. The number of rotatable bonds is 5. The standard InChI is InChI=1S/C10H19N3O5/c1-10(2,3)18-9(17)12-5-4-11-8(16)13-6-7(14)15/h4-6H2,1-3H3,(H,12,17)(H,14,15)(H2,11,13,16). The molecule has 0 rings (SSSR count). The van der Waals surface area contributed by atoms with Crippen molar-refractivity contribution in [3.63, 3.8) is 0 Å². The number of ether oxygens (including phenoxy) is 1. The molecule has 104 valence electrons. The minimum absolute atomic E-state index is 0.171. The minimum atomic E-state index is -1.13. The molecule has 3 amide bonds. The summed E-state index contributed by atoms with van der Waals surface area (Å²) in [5, 5.41) is 15.2. The van der Waals surface area contributed by atoms with E-state index < -0.39 is 30.2 Å². The lowest BCUT2D eigenvalue weighted by Crippen LogP contribution is -2.42. The topological polar surface area (TPSA) is 117 Å². The molecular formula is C10H19N3O5. The third kappa shape index (κ3) is 10.5. The lowest BCUT2D eigenvalue weighted by Gasteiger charge is -2.19. The van der Waals surface area contributed by atoms with E-state index in [1.807, 2.05) is 0 Å². The van der Waals surface area contributed by atoms with Crippen LogP contribution in [0.3, 0.4) is 0 Å². The van der Waals surface area contributed by atoms with Crippen LogP contribution < -0.4 is 16.0 Å². The van der Waals surface area contributed by atoms with E-state index >= 15 is 0 Å². The summed E-state index contributed by atoms with van der Waals surface area (Å²) in [6.07, 6.45) is -0.574. The first-order chi connectivity index (χ1) is 8.20. The highest BCUT2D eigenvalue weighted by molar-refractivity contribution is 5.79. The molecule has 0 aliphatic carbocycles. The maximum atomic E-state index is 11.2. The van der Waals surface area contributed by atoms with Gasteiger partial charge >= 0.3 is 18.1 Å². The monoisotopic (exact) mass is 261 g/mol. The molecule has 0 heterocycles. The van der Waals surface area contributed by atoms with Crippen LogP contribution in [0.5, 0.6) is 0 Å². The zero-order chi connectivity index (χ0) is 14.2. The van der Waals surface area contributed by atoms with Gasteiger partial charge in [-0.2, -0.15) is 0 Å². The van der Waals surface area contributed by atoms with Crippen molar-refractivity contribution in [3.05, 3.63) is 0 Å². The molecule has 4 N–H and O–H groups in total. The molecule has 0 bridgehead atoms. The second kappa shape index (κ2) is 7.36. The van der Waals surface area contributed by atoms with Crippen LogP contribution in [0.4, 0.5) is 9.59 Å². The fraction of sp³-hybridized carbons (Fsp3) is 0.700. The molecule has 0 atom stereocenters. The third-order valence-electron chi connectivity index (χ3n) is 1.48. The number of amides is 3. The van der Waals surface area contributed by atoms with Gasteiger partial charge in [-0.15, -0.1) is 0 Å². The highest BCUT2D eigenvalue weighted by atomic mass is 16.6. The Morgan fingerprint density at radius 3 is 2.11 bits per heavy atom. The van der Waals surface area contributed by atoms with Crippen LogP contribution in [0.2, 0.25) is 0 Å². The van der Waals surface area contributed by atoms with Crippen molar-refractivity contribution < 1.29 is 24.2 Å². The molecule has 0 unspecified atom stereocenters. The van der Waals surface area contributed by atoms with Crippen LogP contribution in [0, 0.1) is 0 Å². The number of aliphatic carboxylic acids is 1. The average Bonchev–Trinajstić information content (AvgIpc) is 2.19. The van der Waals surface area contributed by atoms with Gasteiger partial charge in [0.05, 0.1) is 0 Å². The van der Waals surface area contributed by atoms with Crippen molar-refractivity contribution in [2.45, 2.75) is 26.4 Å². The summed E-state index contributed by atoms with van der Waals surface area (Å²) in [4.78, 5) is 32.3. The first-order valence-electron chi connectivity index (χ1n) is 5.41. The van der Waals surface area contributed by atoms with Gasteiger partial charge in [-0.25, -0.2) is 9.59 Å². The van der Waals surface area contributed by atoms with E-state index in [1.165, 1.54) is 0 Å². The highest BCUT2D eigenvalue weighted by Crippen LogP contribution is 2.05. The van der Waals surface area contributed by atoms with Gasteiger partial charge in [-0.05, 0) is 20.8 Å². The number of carbonyl (C=O) groups is 3. The number of hydrogen-bond acceptors (Lipinski definition) is 4. The van der Waals surface area contributed by atoms with E-state index in [4.69, 9.17) is 9.84 Å². The molecule has 0 saturated carbocycles. The van der Waals surface area contributed by atoms with Gasteiger partial charge in [-0.1, -0.05) is 0 Å². The summed E-state index contributed by atoms with van der Waals surface area (Å²) < 4.78 is 4.97. The van der Waals surface area contributed by atoms with E-state index in [-0.39, 0.29) is 13.1 Å². The predicted octanol–water partition coefficient (Wildman–Crippen LogP) is -0.105. The molecule has 0 aliphatic rings. The molecule has 8 heteroatoms. The van der Waals surface area contributed by atoms with Gasteiger partial charge in [0.1, 0.15) is 12.1 Å². The van der Waals surface area contributed by atoms with Gasteiger partial charge < -0.3 is 25.8 Å². The first-order valence-corrected chi connectivity index (χ1v) is 5.41. The van der Waals surface area contributed by atoms with E-state index in [9.17, 15) is 14.4 Å². The van der Waals surface area contributed by atoms with Gasteiger partial charge in [0.15, 0.2) is 0 Å². The van der Waals surface area contributed by atoms with E-state index in [0.717, 1.165) is 0 Å². The molecule has 0 radical (unpaired) electrons. The zero-order valence-electron chi connectivity index (χ0n) is 10.7. The van der Waals surface area contributed by atoms with Crippen LogP contribution in [0.15, 0.2) is 0 Å². The Morgan fingerprint density at radius 2 is 1.61 bits per heavy atom. The van der Waals surface area contributed by atoms with Crippen molar-refractivity contribution in [1.29, 1.82) is 0 Å². The molecule has 0 aromatic carbocycles. The predicted molar refractivity (Wildman–Crippen MR) is 63.3 cm³/mol. The molecule has 0 aromatic rings. The zero-order valence-corrected chi connectivity index (χ0v) is 10.7. The fourth-order valence-corrected chi connectivity index (χ4v) is 0.873. The molecule has 0 fully saturated rings. The maximum Gasteiger partial charge on any atom is 0.407 e. The molecule has 18 heavy (non-hydrogen) atoms. The lowest BCUT2D eigenvalue weighted by molar-refractivity contribution is -0.135. The lowest BCUT2D eigenvalue weighted by atomic mass is 10.2. The summed E-state index contributed by atoms with van der Waals surface area (Å²) in [6.45, 7) is 5.13. The van der Waals surface area contributed by atoms with E-state index in [2.05, 4.69) is 16.0 Å². The molecular weight excluding hydrogens is 242 g/mol. The molecule has 8 nitrogen and oxygen atoms in total. The first kappa shape index (κ1) is 16.0. The van der Waals surface area contributed by atoms with E-state index in [0.29, 0.717) is 0 Å². The van der Waals surface area contributed by atoms with Gasteiger partial charge in [0, 0.05) is 13.1 Å². The third-order valence-corrected chi connectivity index (χ3v) is 1.48. The Labute approximate surface area is 105 Å². The molecule has 0 saturated heterocycles. The van der Waals surface area contributed by atoms with Crippen LogP contribution in [0.25, 0.3) is 0 Å². The largest absolute Gasteiger partial charge is 0.480 e. The van der Waals surface area contributed by atoms with Crippen LogP contribution >= 0.6 is 0 Å². The number of urea groups is 1. The minimum Gasteiger partial charge on any atom is -0.480 e. The summed E-state index contributed by atoms with van der Waals surface area (Å²) >= 11 is 0. The smallest absolute Gasteiger partial charge is 0.407 e. The number of hydrogen-bond donors (Lipinski definition) is 4. The van der Waals surface area contributed by atoms with Crippen molar-refractivity contribution in [3.8, 4) is 0 Å². The second-order valence-electron chi connectivity index (χ2n) is 4.43. The Hall–Kier alpha value is -1.99. The molecule has 0 aliphatic heterocycles. The van der Waals surface area contributed by atoms with Gasteiger partial charge in [0.25, 0.3) is 0 Å². The Morgan fingerprint density at radius 1 is 1.06 bits per heavy atom. The second-order valence-corrected chi connectivity index (χ2v) is 4.43. The number of carboxylic acid groups (broad SMARTS) is 1. The van der Waals surface area contributed by atoms with E-state index in [1.54, 1.807) is 20.8 Å². The van der Waals surface area contributed by atoms with Crippen LogP contribution in [-0.2, 0) is 9.53 Å². The number of carbonyl (C=O) groups excluding carboxylic acids is 2. The van der Waals surface area contributed by atoms with Crippen molar-refractivity contribution in [1.82, 2.24) is 16.0 Å². The average molecular weight is 261 g/mol. The van der Waals surface area contributed by atoms with Crippen molar-refractivity contribution in [2.75, 3.05) is 19.6 Å². The van der Waals surface area contributed by atoms with Crippen molar-refractivity contribution in [2.24, 2.45) is 0 Å². The number of carboxylic acids is 1. The Balaban J connectivity index is 3.59. The summed E-state index contributed by atoms with van der Waals surface area (Å²) in [5.74, 6) is -1.13. The SMILES string of the molecule is CC(C)(C)OC(=O)NCCNC(=O)NCC(=O)O. The Kier molecular flexibility index (Phi) is 6.54. The van der Waals surface area contributed by atoms with Crippen molar-refractivity contribution >= 4 is 18.1 Å². The normalized spacial score (nSPS) is 10.4. The summed E-state index contributed by atoms with van der Waals surface area (Å²) in [7, 11) is 0.